The predicted octanol–water partition coefficient (Wildman–Crippen LogP) is 3.36. The van der Waals surface area contributed by atoms with Gasteiger partial charge in [0.25, 0.3) is 0 Å². The van der Waals surface area contributed by atoms with Crippen molar-refractivity contribution in [2.45, 2.75) is 13.0 Å². The van der Waals surface area contributed by atoms with Crippen LogP contribution in [0.3, 0.4) is 0 Å². The Morgan fingerprint density at radius 2 is 2.00 bits per heavy atom. The quantitative estimate of drug-likeness (QED) is 0.880. The molecule has 4 heteroatoms. The summed E-state index contributed by atoms with van der Waals surface area (Å²) in [6.07, 6.45) is 1.01. The minimum absolute atomic E-state index is 0.640. The normalized spacial score (nSPS) is 14.7. The third kappa shape index (κ3) is 3.31. The van der Waals surface area contributed by atoms with E-state index < -0.39 is 0 Å². The second-order valence-electron chi connectivity index (χ2n) is 5.29. The van der Waals surface area contributed by atoms with Crippen LogP contribution in [0.1, 0.15) is 11.1 Å². The van der Waals surface area contributed by atoms with E-state index in [4.69, 9.17) is 22.1 Å². The molecule has 0 atom stereocenters. The maximum atomic E-state index is 6.08. The second kappa shape index (κ2) is 6.37. The van der Waals surface area contributed by atoms with Gasteiger partial charge in [-0.3, -0.25) is 4.90 Å². The lowest BCUT2D eigenvalue weighted by Crippen LogP contribution is -2.34. The number of nitrogens with two attached hydrogens (primary N) is 1. The lowest BCUT2D eigenvalue weighted by atomic mass is 9.98. The Hall–Kier alpha value is -1.71. The van der Waals surface area contributed by atoms with Crippen LogP contribution >= 0.6 is 11.6 Å². The molecule has 0 saturated heterocycles. The lowest BCUT2D eigenvalue weighted by molar-refractivity contribution is 0.196. The molecule has 0 aliphatic carbocycles. The van der Waals surface area contributed by atoms with E-state index in [-0.39, 0.29) is 0 Å². The summed E-state index contributed by atoms with van der Waals surface area (Å²) >= 11 is 6.08. The van der Waals surface area contributed by atoms with Crippen molar-refractivity contribution in [3.8, 4) is 5.75 Å². The summed E-state index contributed by atoms with van der Waals surface area (Å²) in [5, 5.41) is 0.661. The number of nitrogens with zero attached hydrogens (tertiary/aromatic N) is 1. The van der Waals surface area contributed by atoms with Crippen molar-refractivity contribution in [1.82, 2.24) is 4.90 Å². The Morgan fingerprint density at radius 3 is 2.86 bits per heavy atom. The minimum atomic E-state index is 0.640. The number of ether oxygens (including phenoxy) is 1. The number of hydrogen-bond acceptors (Lipinski definition) is 3. The zero-order valence-electron chi connectivity index (χ0n) is 11.9. The van der Waals surface area contributed by atoms with E-state index in [9.17, 15) is 0 Å². The van der Waals surface area contributed by atoms with E-state index in [1.54, 1.807) is 0 Å². The Bertz CT molecular complexity index is 630. The van der Waals surface area contributed by atoms with Crippen molar-refractivity contribution in [1.29, 1.82) is 0 Å². The van der Waals surface area contributed by atoms with Gasteiger partial charge in [0.05, 0.1) is 5.02 Å². The summed E-state index contributed by atoms with van der Waals surface area (Å²) < 4.78 is 5.75. The van der Waals surface area contributed by atoms with Gasteiger partial charge in [-0.05, 0) is 35.7 Å². The molecule has 0 unspecified atom stereocenters. The number of fused-ring (bicyclic) bond motifs is 1. The fraction of sp³-hybridized carbons (Fsp3) is 0.294. The molecule has 0 aromatic heterocycles. The molecule has 0 saturated carbocycles. The highest BCUT2D eigenvalue weighted by Crippen LogP contribution is 2.25. The minimum Gasteiger partial charge on any atom is -0.491 e. The van der Waals surface area contributed by atoms with Crippen molar-refractivity contribution < 1.29 is 4.74 Å². The highest BCUT2D eigenvalue weighted by atomic mass is 35.5. The molecule has 21 heavy (non-hydrogen) atoms. The van der Waals surface area contributed by atoms with Gasteiger partial charge in [0.2, 0.25) is 0 Å². The van der Waals surface area contributed by atoms with Crippen molar-refractivity contribution in [2.75, 3.05) is 25.4 Å². The number of benzene rings is 2. The number of nitrogen functional groups attached to an aromatic ring is 1. The standard InChI is InChI=1S/C17H19ClN2O/c18-15-5-1-2-7-17(15)21-11-10-20-9-8-14-13(12-20)4-3-6-16(14)19/h1-7H,8-12,19H2. The van der Waals surface area contributed by atoms with E-state index in [2.05, 4.69) is 11.0 Å². The Balaban J connectivity index is 1.55. The molecule has 1 aliphatic heterocycles. The molecule has 3 rings (SSSR count). The summed E-state index contributed by atoms with van der Waals surface area (Å²) in [6.45, 7) is 3.49. The highest BCUT2D eigenvalue weighted by Gasteiger charge is 2.17. The summed E-state index contributed by atoms with van der Waals surface area (Å²) in [5.74, 6) is 0.751. The van der Waals surface area contributed by atoms with Crippen LogP contribution in [0.25, 0.3) is 0 Å². The molecule has 1 heterocycles. The average molecular weight is 303 g/mol. The van der Waals surface area contributed by atoms with Crippen LogP contribution in [0.2, 0.25) is 5.02 Å². The molecular formula is C17H19ClN2O. The second-order valence-corrected chi connectivity index (χ2v) is 5.70. The van der Waals surface area contributed by atoms with Crippen molar-refractivity contribution in [3.05, 3.63) is 58.6 Å². The van der Waals surface area contributed by atoms with Crippen LogP contribution in [-0.4, -0.2) is 24.6 Å². The van der Waals surface area contributed by atoms with Gasteiger partial charge in [-0.25, -0.2) is 0 Å². The summed E-state index contributed by atoms with van der Waals surface area (Å²) in [7, 11) is 0. The maximum Gasteiger partial charge on any atom is 0.137 e. The lowest BCUT2D eigenvalue weighted by Gasteiger charge is -2.29. The van der Waals surface area contributed by atoms with Crippen LogP contribution in [0.5, 0.6) is 5.75 Å². The number of anilines is 1. The molecular weight excluding hydrogens is 284 g/mol. The van der Waals surface area contributed by atoms with Crippen molar-refractivity contribution >= 4 is 17.3 Å². The zero-order chi connectivity index (χ0) is 14.7. The highest BCUT2D eigenvalue weighted by molar-refractivity contribution is 6.32. The molecule has 2 aromatic rings. The molecule has 3 nitrogen and oxygen atoms in total. The first-order valence-corrected chi connectivity index (χ1v) is 7.58. The van der Waals surface area contributed by atoms with Gasteiger partial charge < -0.3 is 10.5 Å². The monoisotopic (exact) mass is 302 g/mol. The molecule has 0 fully saturated rings. The molecule has 2 aromatic carbocycles. The zero-order valence-corrected chi connectivity index (χ0v) is 12.6. The Morgan fingerprint density at radius 1 is 1.14 bits per heavy atom. The van der Waals surface area contributed by atoms with Crippen LogP contribution < -0.4 is 10.5 Å². The van der Waals surface area contributed by atoms with Gasteiger partial charge in [-0.1, -0.05) is 35.9 Å². The van der Waals surface area contributed by atoms with E-state index in [0.29, 0.717) is 11.6 Å². The summed E-state index contributed by atoms with van der Waals surface area (Å²) in [5.41, 5.74) is 9.58. The number of para-hydroxylation sites is 1. The van der Waals surface area contributed by atoms with Crippen molar-refractivity contribution in [3.63, 3.8) is 0 Å². The summed E-state index contributed by atoms with van der Waals surface area (Å²) in [6, 6.07) is 13.7. The molecule has 0 amide bonds. The van der Waals surface area contributed by atoms with Gasteiger partial charge in [0.15, 0.2) is 0 Å². The fourth-order valence-corrected chi connectivity index (χ4v) is 2.93. The number of rotatable bonds is 4. The van der Waals surface area contributed by atoms with Gasteiger partial charge in [0.1, 0.15) is 12.4 Å². The van der Waals surface area contributed by atoms with Gasteiger partial charge in [0, 0.05) is 25.3 Å². The maximum absolute atomic E-state index is 6.08. The topological polar surface area (TPSA) is 38.5 Å². The van der Waals surface area contributed by atoms with Crippen LogP contribution in [0, 0.1) is 0 Å². The average Bonchev–Trinajstić information content (AvgIpc) is 2.49. The first-order valence-electron chi connectivity index (χ1n) is 7.20. The SMILES string of the molecule is Nc1cccc2c1CCN(CCOc1ccccc1Cl)C2. The van der Waals surface area contributed by atoms with Gasteiger partial charge >= 0.3 is 0 Å². The number of hydrogen-bond donors (Lipinski definition) is 1. The number of halogens is 1. The van der Waals surface area contributed by atoms with Crippen LogP contribution in [0.15, 0.2) is 42.5 Å². The van der Waals surface area contributed by atoms with E-state index in [1.807, 2.05) is 36.4 Å². The van der Waals surface area contributed by atoms with Crippen molar-refractivity contribution in [2.24, 2.45) is 0 Å². The van der Waals surface area contributed by atoms with Gasteiger partial charge in [-0.15, -0.1) is 0 Å². The van der Waals surface area contributed by atoms with E-state index >= 15 is 0 Å². The third-order valence-corrected chi connectivity index (χ3v) is 4.20. The first kappa shape index (κ1) is 14.2. The van der Waals surface area contributed by atoms with Crippen LogP contribution in [0.4, 0.5) is 5.69 Å². The predicted molar refractivity (Wildman–Crippen MR) is 86.8 cm³/mol. The third-order valence-electron chi connectivity index (χ3n) is 3.88. The molecule has 0 bridgehead atoms. The molecule has 110 valence electrons. The van der Waals surface area contributed by atoms with E-state index in [1.165, 1.54) is 11.1 Å². The van der Waals surface area contributed by atoms with Gasteiger partial charge in [-0.2, -0.15) is 0 Å². The molecule has 2 N–H and O–H groups in total. The largest absolute Gasteiger partial charge is 0.491 e. The van der Waals surface area contributed by atoms with E-state index in [0.717, 1.165) is 37.5 Å². The first-order chi connectivity index (χ1) is 10.2. The smallest absolute Gasteiger partial charge is 0.137 e. The summed E-state index contributed by atoms with van der Waals surface area (Å²) in [4.78, 5) is 2.39. The molecule has 0 radical (unpaired) electrons. The molecule has 0 spiro atoms. The van der Waals surface area contributed by atoms with Crippen LogP contribution in [-0.2, 0) is 13.0 Å². The molecule has 1 aliphatic rings. The Kier molecular flexibility index (Phi) is 4.32. The fourth-order valence-electron chi connectivity index (χ4n) is 2.73. The Labute approximate surface area is 130 Å².